The molecule has 33 heavy (non-hydrogen) atoms. The molecule has 7 heteroatoms. The highest BCUT2D eigenvalue weighted by atomic mass is 32.1. The number of aromatic nitrogens is 3. The monoisotopic (exact) mass is 454 g/mol. The van der Waals surface area contributed by atoms with Crippen LogP contribution in [0.15, 0.2) is 91.4 Å². The summed E-state index contributed by atoms with van der Waals surface area (Å²) < 4.78 is 2.25. The standard InChI is InChI=1S/C26H26N6S/c1-30(2)20-11-13-21(14-12-20)32-25(24(29-26(32)33)22-9-4-6-16-28-22)23-10-7-17-31(23)18-19-8-3-5-15-27-19/h3-17,24-25H,18H2,1-2H3,(H,29,33)/t24-,25+/m0/s1. The van der Waals surface area contributed by atoms with Crippen molar-refractivity contribution in [2.75, 3.05) is 23.9 Å². The Balaban J connectivity index is 1.58. The molecule has 1 aromatic carbocycles. The zero-order valence-electron chi connectivity index (χ0n) is 18.7. The molecule has 3 aromatic heterocycles. The fourth-order valence-electron chi connectivity index (χ4n) is 4.35. The van der Waals surface area contributed by atoms with Crippen molar-refractivity contribution >= 4 is 28.7 Å². The number of pyridine rings is 2. The van der Waals surface area contributed by atoms with Crippen molar-refractivity contribution in [1.82, 2.24) is 19.9 Å². The molecule has 0 spiro atoms. The van der Waals surface area contributed by atoms with Gasteiger partial charge in [0.25, 0.3) is 0 Å². The molecule has 0 amide bonds. The van der Waals surface area contributed by atoms with Crippen LogP contribution in [-0.4, -0.2) is 33.7 Å². The molecule has 4 aromatic rings. The molecule has 1 aliphatic heterocycles. The van der Waals surface area contributed by atoms with Crippen LogP contribution in [0.25, 0.3) is 0 Å². The Labute approximate surface area is 199 Å². The Morgan fingerprint density at radius 3 is 2.33 bits per heavy atom. The maximum Gasteiger partial charge on any atom is 0.174 e. The van der Waals surface area contributed by atoms with Gasteiger partial charge < -0.3 is 19.7 Å². The van der Waals surface area contributed by atoms with Crippen LogP contribution < -0.4 is 15.1 Å². The first-order chi connectivity index (χ1) is 16.1. The highest BCUT2D eigenvalue weighted by Crippen LogP contribution is 2.42. The maximum absolute atomic E-state index is 5.86. The van der Waals surface area contributed by atoms with Crippen molar-refractivity contribution < 1.29 is 0 Å². The van der Waals surface area contributed by atoms with E-state index >= 15 is 0 Å². The van der Waals surface area contributed by atoms with Crippen LogP contribution in [0, 0.1) is 0 Å². The topological polar surface area (TPSA) is 49.2 Å². The molecule has 166 valence electrons. The number of nitrogens with one attached hydrogen (secondary N) is 1. The fourth-order valence-corrected chi connectivity index (χ4v) is 4.70. The third-order valence-electron chi connectivity index (χ3n) is 5.97. The Bertz CT molecular complexity index is 1220. The van der Waals surface area contributed by atoms with Crippen molar-refractivity contribution in [3.05, 3.63) is 108 Å². The number of nitrogens with zero attached hydrogens (tertiary/aromatic N) is 5. The molecular weight excluding hydrogens is 428 g/mol. The number of hydrogen-bond acceptors (Lipinski definition) is 4. The second-order valence-corrected chi connectivity index (χ2v) is 8.68. The van der Waals surface area contributed by atoms with Crippen LogP contribution in [0.5, 0.6) is 0 Å². The molecule has 1 fully saturated rings. The Kier molecular flexibility index (Phi) is 5.79. The molecule has 4 heterocycles. The van der Waals surface area contributed by atoms with Crippen molar-refractivity contribution in [1.29, 1.82) is 0 Å². The van der Waals surface area contributed by atoms with E-state index in [-0.39, 0.29) is 12.1 Å². The summed E-state index contributed by atoms with van der Waals surface area (Å²) in [6, 6.07) is 24.6. The molecular formula is C26H26N6S. The number of benzene rings is 1. The number of rotatable bonds is 6. The molecule has 0 unspecified atom stereocenters. The zero-order chi connectivity index (χ0) is 22.8. The van der Waals surface area contributed by atoms with Crippen LogP contribution >= 0.6 is 12.2 Å². The van der Waals surface area contributed by atoms with Crippen molar-refractivity contribution in [3.63, 3.8) is 0 Å². The highest BCUT2D eigenvalue weighted by Gasteiger charge is 2.42. The summed E-state index contributed by atoms with van der Waals surface area (Å²) in [6.07, 6.45) is 5.77. The van der Waals surface area contributed by atoms with E-state index in [2.05, 4.69) is 84.4 Å². The Hall–Kier alpha value is -3.71. The minimum absolute atomic E-state index is 0.0590. The van der Waals surface area contributed by atoms with Gasteiger partial charge in [-0.1, -0.05) is 12.1 Å². The molecule has 0 saturated carbocycles. The van der Waals surface area contributed by atoms with E-state index in [1.165, 1.54) is 0 Å². The van der Waals surface area contributed by atoms with Crippen LogP contribution in [-0.2, 0) is 6.54 Å². The van der Waals surface area contributed by atoms with Crippen LogP contribution in [0.1, 0.15) is 29.2 Å². The molecule has 1 aliphatic rings. The summed E-state index contributed by atoms with van der Waals surface area (Å²) in [5.74, 6) is 0. The lowest BCUT2D eigenvalue weighted by atomic mass is 10.0. The van der Waals surface area contributed by atoms with E-state index < -0.39 is 0 Å². The minimum Gasteiger partial charge on any atom is -0.378 e. The van der Waals surface area contributed by atoms with Crippen LogP contribution in [0.3, 0.4) is 0 Å². The van der Waals surface area contributed by atoms with Gasteiger partial charge in [-0.25, -0.2) is 0 Å². The normalized spacial score (nSPS) is 17.8. The number of anilines is 2. The van der Waals surface area contributed by atoms with E-state index in [4.69, 9.17) is 12.2 Å². The third-order valence-corrected chi connectivity index (χ3v) is 6.28. The van der Waals surface area contributed by atoms with Gasteiger partial charge in [-0.05, 0) is 72.9 Å². The third kappa shape index (κ3) is 4.19. The summed E-state index contributed by atoms with van der Waals surface area (Å²) in [6.45, 7) is 0.689. The fraction of sp³-hybridized carbons (Fsp3) is 0.192. The second kappa shape index (κ2) is 9.03. The van der Waals surface area contributed by atoms with E-state index in [0.717, 1.165) is 28.5 Å². The molecule has 2 atom stereocenters. The van der Waals surface area contributed by atoms with Gasteiger partial charge in [0.2, 0.25) is 0 Å². The second-order valence-electron chi connectivity index (χ2n) is 8.29. The van der Waals surface area contributed by atoms with E-state index in [9.17, 15) is 0 Å². The van der Waals surface area contributed by atoms with Gasteiger partial charge in [0.1, 0.15) is 6.04 Å². The van der Waals surface area contributed by atoms with Crippen molar-refractivity contribution in [2.24, 2.45) is 0 Å². The average molecular weight is 455 g/mol. The SMILES string of the molecule is CN(C)c1ccc(N2C(=S)N[C@@H](c3ccccn3)[C@H]2c2cccn2Cc2ccccn2)cc1. The van der Waals surface area contributed by atoms with Gasteiger partial charge in [0.05, 0.1) is 24.0 Å². The van der Waals surface area contributed by atoms with E-state index in [1.807, 2.05) is 50.8 Å². The molecule has 5 rings (SSSR count). The molecule has 0 bridgehead atoms. The molecule has 0 radical (unpaired) electrons. The lowest BCUT2D eigenvalue weighted by Crippen LogP contribution is -2.30. The first-order valence-corrected chi connectivity index (χ1v) is 11.4. The highest BCUT2D eigenvalue weighted by molar-refractivity contribution is 7.80. The van der Waals surface area contributed by atoms with Gasteiger partial charge in [0, 0.05) is 49.8 Å². The molecule has 0 aliphatic carbocycles. The average Bonchev–Trinajstić information content (AvgIpc) is 3.44. The van der Waals surface area contributed by atoms with E-state index in [1.54, 1.807) is 0 Å². The first kappa shape index (κ1) is 21.2. The smallest absolute Gasteiger partial charge is 0.174 e. The maximum atomic E-state index is 5.86. The lowest BCUT2D eigenvalue weighted by Gasteiger charge is -2.29. The Morgan fingerprint density at radius 2 is 1.67 bits per heavy atom. The number of hydrogen-bond donors (Lipinski definition) is 1. The zero-order valence-corrected chi connectivity index (χ0v) is 19.5. The summed E-state index contributed by atoms with van der Waals surface area (Å²) in [7, 11) is 4.09. The Morgan fingerprint density at radius 1 is 0.909 bits per heavy atom. The predicted molar refractivity (Wildman–Crippen MR) is 136 cm³/mol. The summed E-state index contributed by atoms with van der Waals surface area (Å²) in [4.78, 5) is 13.5. The quantitative estimate of drug-likeness (QED) is 0.431. The minimum atomic E-state index is -0.0791. The van der Waals surface area contributed by atoms with Gasteiger partial charge in [-0.2, -0.15) is 0 Å². The van der Waals surface area contributed by atoms with Crippen molar-refractivity contribution in [2.45, 2.75) is 18.6 Å². The first-order valence-electron chi connectivity index (χ1n) is 10.9. The van der Waals surface area contributed by atoms with Crippen LogP contribution in [0.4, 0.5) is 11.4 Å². The van der Waals surface area contributed by atoms with Crippen LogP contribution in [0.2, 0.25) is 0 Å². The predicted octanol–water partition coefficient (Wildman–Crippen LogP) is 4.57. The molecule has 1 saturated heterocycles. The largest absolute Gasteiger partial charge is 0.378 e. The van der Waals surface area contributed by atoms with E-state index in [0.29, 0.717) is 11.7 Å². The number of thiocarbonyl (C=S) groups is 1. The summed E-state index contributed by atoms with van der Waals surface area (Å²) in [5.41, 5.74) is 5.32. The van der Waals surface area contributed by atoms with Gasteiger partial charge in [0.15, 0.2) is 5.11 Å². The van der Waals surface area contributed by atoms with Gasteiger partial charge >= 0.3 is 0 Å². The lowest BCUT2D eigenvalue weighted by molar-refractivity contribution is 0.532. The van der Waals surface area contributed by atoms with Gasteiger partial charge in [-0.15, -0.1) is 0 Å². The summed E-state index contributed by atoms with van der Waals surface area (Å²) >= 11 is 5.86. The molecule has 1 N–H and O–H groups in total. The molecule has 6 nitrogen and oxygen atoms in total. The van der Waals surface area contributed by atoms with Gasteiger partial charge in [-0.3, -0.25) is 9.97 Å². The van der Waals surface area contributed by atoms with Crippen molar-refractivity contribution in [3.8, 4) is 0 Å². The summed E-state index contributed by atoms with van der Waals surface area (Å²) in [5, 5.41) is 4.23.